The number of nitrogens with zero attached hydrogens (tertiary/aromatic N) is 3. The lowest BCUT2D eigenvalue weighted by Gasteiger charge is -2.28. The van der Waals surface area contributed by atoms with Crippen molar-refractivity contribution >= 4 is 37.5 Å². The summed E-state index contributed by atoms with van der Waals surface area (Å²) in [5, 5.41) is 0. The quantitative estimate of drug-likeness (QED) is 0.399. The molecule has 0 fully saturated rings. The number of amides is 1. The standard InChI is InChI=1S/C27H27N3O3S2/c1-4-30-24-15-18(2)19(3)16-25(24)34-27(30)28-26(31)21-9-11-23(12-10-21)35(32,33)29-14-13-20-7-5-6-8-22(20)17-29/h5-12,15-16H,4,13-14,17H2,1-3H3. The number of aryl methyl sites for hydroxylation is 3. The van der Waals surface area contributed by atoms with Gasteiger partial charge in [0.1, 0.15) is 0 Å². The van der Waals surface area contributed by atoms with Crippen LogP contribution in [0.4, 0.5) is 0 Å². The maximum atomic E-state index is 13.2. The van der Waals surface area contributed by atoms with Gasteiger partial charge in [-0.05, 0) is 85.8 Å². The average Bonchev–Trinajstić information content (AvgIpc) is 3.19. The van der Waals surface area contributed by atoms with E-state index in [-0.39, 0.29) is 10.8 Å². The van der Waals surface area contributed by atoms with Crippen LogP contribution in [0.3, 0.4) is 0 Å². The Bertz CT molecular complexity index is 1610. The van der Waals surface area contributed by atoms with Crippen molar-refractivity contribution in [2.24, 2.45) is 4.99 Å². The Morgan fingerprint density at radius 1 is 1.00 bits per heavy atom. The van der Waals surface area contributed by atoms with Gasteiger partial charge in [-0.2, -0.15) is 9.30 Å². The summed E-state index contributed by atoms with van der Waals surface area (Å²) in [5.74, 6) is -0.386. The molecular weight excluding hydrogens is 478 g/mol. The first-order valence-electron chi connectivity index (χ1n) is 11.6. The molecule has 1 aliphatic rings. The number of fused-ring (bicyclic) bond motifs is 2. The van der Waals surface area contributed by atoms with E-state index in [0.29, 0.717) is 36.4 Å². The van der Waals surface area contributed by atoms with Gasteiger partial charge < -0.3 is 4.57 Å². The van der Waals surface area contributed by atoms with E-state index in [2.05, 4.69) is 31.0 Å². The van der Waals surface area contributed by atoms with Crippen molar-refractivity contribution in [3.05, 3.63) is 93.3 Å². The van der Waals surface area contributed by atoms with Crippen LogP contribution in [-0.4, -0.2) is 29.7 Å². The molecule has 180 valence electrons. The molecule has 0 atom stereocenters. The Hall–Kier alpha value is -3.07. The van der Waals surface area contributed by atoms with Crippen LogP contribution in [0.1, 0.15) is 39.5 Å². The molecule has 0 saturated carbocycles. The Morgan fingerprint density at radius 2 is 1.69 bits per heavy atom. The molecule has 1 amide bonds. The largest absolute Gasteiger partial charge is 0.317 e. The highest BCUT2D eigenvalue weighted by Gasteiger charge is 2.28. The second-order valence-corrected chi connectivity index (χ2v) is 11.8. The SMILES string of the molecule is CCn1c(=NC(=O)c2ccc(S(=O)(=O)N3CCc4ccccc4C3)cc2)sc2cc(C)c(C)cc21. The predicted octanol–water partition coefficient (Wildman–Crippen LogP) is 4.83. The van der Waals surface area contributed by atoms with Crippen LogP contribution in [0.15, 0.2) is 70.6 Å². The third-order valence-electron chi connectivity index (χ3n) is 6.65. The summed E-state index contributed by atoms with van der Waals surface area (Å²) in [4.78, 5) is 18.2. The van der Waals surface area contributed by atoms with E-state index in [9.17, 15) is 13.2 Å². The molecular formula is C27H27N3O3S2. The summed E-state index contributed by atoms with van der Waals surface area (Å²) in [6, 6.07) is 18.3. The van der Waals surface area contributed by atoms with Gasteiger partial charge in [-0.3, -0.25) is 4.79 Å². The topological polar surface area (TPSA) is 71.7 Å². The molecule has 0 unspecified atom stereocenters. The van der Waals surface area contributed by atoms with Crippen LogP contribution < -0.4 is 4.80 Å². The zero-order valence-corrected chi connectivity index (χ0v) is 21.6. The van der Waals surface area contributed by atoms with Gasteiger partial charge in [-0.1, -0.05) is 35.6 Å². The molecule has 5 rings (SSSR count). The molecule has 2 heterocycles. The minimum absolute atomic E-state index is 0.185. The number of hydrogen-bond donors (Lipinski definition) is 0. The fourth-order valence-corrected chi connectivity index (χ4v) is 7.05. The van der Waals surface area contributed by atoms with E-state index in [1.807, 2.05) is 35.8 Å². The second-order valence-electron chi connectivity index (χ2n) is 8.83. The number of aromatic nitrogens is 1. The van der Waals surface area contributed by atoms with Gasteiger partial charge in [0.2, 0.25) is 10.0 Å². The molecule has 0 radical (unpaired) electrons. The van der Waals surface area contributed by atoms with Crippen LogP contribution in [0, 0.1) is 13.8 Å². The first-order valence-corrected chi connectivity index (χ1v) is 13.9. The number of hydrogen-bond acceptors (Lipinski definition) is 4. The first-order chi connectivity index (χ1) is 16.8. The summed E-state index contributed by atoms with van der Waals surface area (Å²) < 4.78 is 31.1. The maximum Gasteiger partial charge on any atom is 0.279 e. The Balaban J connectivity index is 1.42. The Kier molecular flexibility index (Phi) is 6.21. The molecule has 0 saturated heterocycles. The van der Waals surface area contributed by atoms with Crippen molar-refractivity contribution in [2.45, 2.75) is 45.2 Å². The molecule has 0 bridgehead atoms. The second kappa shape index (κ2) is 9.18. The van der Waals surface area contributed by atoms with E-state index in [1.54, 1.807) is 12.1 Å². The molecule has 3 aromatic carbocycles. The van der Waals surface area contributed by atoms with Crippen molar-refractivity contribution in [3.63, 3.8) is 0 Å². The summed E-state index contributed by atoms with van der Waals surface area (Å²) in [6.45, 7) is 7.68. The fraction of sp³-hybridized carbons (Fsp3) is 0.259. The highest BCUT2D eigenvalue weighted by Crippen LogP contribution is 2.25. The number of rotatable bonds is 4. The van der Waals surface area contributed by atoms with Gasteiger partial charge in [-0.25, -0.2) is 8.42 Å². The molecule has 35 heavy (non-hydrogen) atoms. The molecule has 0 spiro atoms. The zero-order valence-electron chi connectivity index (χ0n) is 20.0. The number of carbonyl (C=O) groups excluding carboxylic acids is 1. The summed E-state index contributed by atoms with van der Waals surface area (Å²) in [6.07, 6.45) is 0.691. The van der Waals surface area contributed by atoms with E-state index in [4.69, 9.17) is 0 Å². The van der Waals surface area contributed by atoms with E-state index >= 15 is 0 Å². The van der Waals surface area contributed by atoms with Gasteiger partial charge in [0.05, 0.1) is 15.1 Å². The summed E-state index contributed by atoms with van der Waals surface area (Å²) in [5.41, 5.74) is 6.05. The molecule has 0 N–H and O–H groups in total. The van der Waals surface area contributed by atoms with Gasteiger partial charge in [-0.15, -0.1) is 0 Å². The third-order valence-corrected chi connectivity index (χ3v) is 9.55. The van der Waals surface area contributed by atoms with Crippen LogP contribution in [0.2, 0.25) is 0 Å². The smallest absolute Gasteiger partial charge is 0.279 e. The normalized spacial score (nSPS) is 14.9. The lowest BCUT2D eigenvalue weighted by atomic mass is 10.0. The van der Waals surface area contributed by atoms with Crippen molar-refractivity contribution < 1.29 is 13.2 Å². The fourth-order valence-electron chi connectivity index (χ4n) is 4.46. The lowest BCUT2D eigenvalue weighted by Crippen LogP contribution is -2.35. The molecule has 1 aromatic heterocycles. The van der Waals surface area contributed by atoms with Crippen molar-refractivity contribution in [1.29, 1.82) is 0 Å². The molecule has 0 aliphatic carbocycles. The van der Waals surface area contributed by atoms with Crippen molar-refractivity contribution in [3.8, 4) is 0 Å². The zero-order chi connectivity index (χ0) is 24.7. The number of benzene rings is 3. The maximum absolute atomic E-state index is 13.2. The van der Waals surface area contributed by atoms with Gasteiger partial charge in [0, 0.05) is 25.2 Å². The predicted molar refractivity (Wildman–Crippen MR) is 139 cm³/mol. The Morgan fingerprint density at radius 3 is 2.40 bits per heavy atom. The summed E-state index contributed by atoms with van der Waals surface area (Å²) in [7, 11) is -3.65. The summed E-state index contributed by atoms with van der Waals surface area (Å²) >= 11 is 1.49. The molecule has 4 aromatic rings. The number of carbonyl (C=O) groups is 1. The van der Waals surface area contributed by atoms with E-state index in [0.717, 1.165) is 15.8 Å². The number of thiazole rings is 1. The van der Waals surface area contributed by atoms with Gasteiger partial charge in [0.15, 0.2) is 4.80 Å². The molecule has 8 heteroatoms. The first kappa shape index (κ1) is 23.7. The van der Waals surface area contributed by atoms with Gasteiger partial charge in [0.25, 0.3) is 5.91 Å². The van der Waals surface area contributed by atoms with Crippen LogP contribution in [0.5, 0.6) is 0 Å². The average molecular weight is 506 g/mol. The minimum Gasteiger partial charge on any atom is -0.317 e. The van der Waals surface area contributed by atoms with E-state index in [1.165, 1.54) is 44.5 Å². The Labute approximate surface area is 209 Å². The molecule has 1 aliphatic heterocycles. The van der Waals surface area contributed by atoms with Crippen LogP contribution in [0.25, 0.3) is 10.2 Å². The monoisotopic (exact) mass is 505 g/mol. The number of sulfonamides is 1. The highest BCUT2D eigenvalue weighted by molar-refractivity contribution is 7.89. The highest BCUT2D eigenvalue weighted by atomic mass is 32.2. The molecule has 6 nitrogen and oxygen atoms in total. The minimum atomic E-state index is -3.65. The van der Waals surface area contributed by atoms with Crippen LogP contribution >= 0.6 is 11.3 Å². The third kappa shape index (κ3) is 4.37. The lowest BCUT2D eigenvalue weighted by molar-refractivity contribution is 0.0997. The van der Waals surface area contributed by atoms with Crippen molar-refractivity contribution in [1.82, 2.24) is 8.87 Å². The van der Waals surface area contributed by atoms with E-state index < -0.39 is 10.0 Å². The van der Waals surface area contributed by atoms with Gasteiger partial charge >= 0.3 is 0 Å². The van der Waals surface area contributed by atoms with Crippen LogP contribution in [-0.2, 0) is 29.5 Å². The van der Waals surface area contributed by atoms with Crippen molar-refractivity contribution in [2.75, 3.05) is 6.54 Å².